The first-order valence-corrected chi connectivity index (χ1v) is 10.4. The third-order valence-corrected chi connectivity index (χ3v) is 5.33. The summed E-state index contributed by atoms with van der Waals surface area (Å²) in [7, 11) is 0. The lowest BCUT2D eigenvalue weighted by Gasteiger charge is -2.20. The van der Waals surface area contributed by atoms with Crippen LogP contribution in [0.25, 0.3) is 6.08 Å². The van der Waals surface area contributed by atoms with Crippen molar-refractivity contribution in [1.82, 2.24) is 5.32 Å². The van der Waals surface area contributed by atoms with Crippen molar-refractivity contribution in [3.8, 4) is 5.75 Å². The Morgan fingerprint density at radius 3 is 2.58 bits per heavy atom. The largest absolute Gasteiger partial charge is 0.449 e. The Balaban J connectivity index is 1.42. The second-order valence-corrected chi connectivity index (χ2v) is 7.77. The Morgan fingerprint density at radius 2 is 1.81 bits per heavy atom. The summed E-state index contributed by atoms with van der Waals surface area (Å²) in [5.41, 5.74) is 2.62. The van der Waals surface area contributed by atoms with Crippen molar-refractivity contribution in [2.24, 2.45) is 0 Å². The van der Waals surface area contributed by atoms with Crippen molar-refractivity contribution < 1.29 is 14.3 Å². The smallest absolute Gasteiger partial charge is 0.291 e. The summed E-state index contributed by atoms with van der Waals surface area (Å²) in [6, 6.07) is 19.6. The highest BCUT2D eigenvalue weighted by Gasteiger charge is 2.23. The normalized spacial score (nSPS) is 13.9. The average Bonchev–Trinajstić information content (AvgIpc) is 2.76. The van der Waals surface area contributed by atoms with E-state index in [-0.39, 0.29) is 11.7 Å². The molecule has 7 heteroatoms. The molecule has 0 spiro atoms. The van der Waals surface area contributed by atoms with E-state index in [1.807, 2.05) is 36.4 Å². The first kappa shape index (κ1) is 21.0. The van der Waals surface area contributed by atoms with Crippen molar-refractivity contribution >= 4 is 46.8 Å². The fourth-order valence-electron chi connectivity index (χ4n) is 3.11. The summed E-state index contributed by atoms with van der Waals surface area (Å²) in [5.74, 6) is -0.0625. The Kier molecular flexibility index (Phi) is 6.26. The second-order valence-electron chi connectivity index (χ2n) is 6.93. The fraction of sp³-hybridized carbons (Fsp3) is 0.0833. The lowest BCUT2D eigenvalue weighted by molar-refractivity contribution is -0.115. The molecule has 0 unspecified atom stereocenters. The van der Waals surface area contributed by atoms with E-state index in [0.29, 0.717) is 45.6 Å². The molecule has 0 bridgehead atoms. The van der Waals surface area contributed by atoms with Crippen molar-refractivity contribution in [2.45, 2.75) is 6.42 Å². The number of ether oxygens (including phenoxy) is 1. The molecule has 3 aromatic rings. The van der Waals surface area contributed by atoms with Crippen LogP contribution in [-0.4, -0.2) is 18.4 Å². The minimum absolute atomic E-state index is 0.126. The van der Waals surface area contributed by atoms with Crippen molar-refractivity contribution in [2.75, 3.05) is 11.9 Å². The highest BCUT2D eigenvalue weighted by Crippen LogP contribution is 2.33. The van der Waals surface area contributed by atoms with Crippen LogP contribution < -0.4 is 15.4 Å². The molecule has 0 saturated heterocycles. The van der Waals surface area contributed by atoms with Gasteiger partial charge in [-0.1, -0.05) is 53.5 Å². The van der Waals surface area contributed by atoms with Gasteiger partial charge in [-0.15, -0.1) is 0 Å². The van der Waals surface area contributed by atoms with Gasteiger partial charge in [-0.2, -0.15) is 0 Å². The van der Waals surface area contributed by atoms with Crippen LogP contribution in [0.5, 0.6) is 5.75 Å². The van der Waals surface area contributed by atoms with E-state index in [1.54, 1.807) is 36.4 Å². The zero-order chi connectivity index (χ0) is 21.8. The Labute approximate surface area is 189 Å². The summed E-state index contributed by atoms with van der Waals surface area (Å²) in [6.45, 7) is 0.477. The number of hydrogen-bond acceptors (Lipinski definition) is 3. The zero-order valence-electron chi connectivity index (χ0n) is 16.3. The molecule has 0 saturated carbocycles. The number of amides is 2. The molecule has 1 heterocycles. The zero-order valence-corrected chi connectivity index (χ0v) is 17.8. The Bertz CT molecular complexity index is 1170. The van der Waals surface area contributed by atoms with Gasteiger partial charge in [-0.05, 0) is 60.0 Å². The van der Waals surface area contributed by atoms with Crippen molar-refractivity contribution in [3.63, 3.8) is 0 Å². The summed E-state index contributed by atoms with van der Waals surface area (Å²) in [5, 5.41) is 6.83. The summed E-state index contributed by atoms with van der Waals surface area (Å²) in [6.07, 6.45) is 2.27. The molecule has 1 aliphatic rings. The summed E-state index contributed by atoms with van der Waals surface area (Å²) in [4.78, 5) is 24.9. The molecule has 4 rings (SSSR count). The van der Waals surface area contributed by atoms with E-state index >= 15 is 0 Å². The number of carbonyl (C=O) groups excluding carboxylic acids is 2. The number of carbonyl (C=O) groups is 2. The highest BCUT2D eigenvalue weighted by atomic mass is 35.5. The standard InChI is InChI=1S/C24H18Cl2N2O3/c25-18-8-5-15(6-9-18)11-12-27-23(29)17-7-10-21-20(13-17)28-24(30)22(31-21)14-16-3-1-2-4-19(16)26/h1-10,13-14H,11-12H2,(H,27,29)(H,28,30)/b22-14-. The number of halogens is 2. The second kappa shape index (κ2) is 9.25. The SMILES string of the molecule is O=C1Nc2cc(C(=O)NCCc3ccc(Cl)cc3)ccc2O/C1=C\c1ccccc1Cl. The molecule has 2 N–H and O–H groups in total. The van der Waals surface area contributed by atoms with Crippen LogP contribution in [0.3, 0.4) is 0 Å². The van der Waals surface area contributed by atoms with Gasteiger partial charge in [-0.25, -0.2) is 0 Å². The third-order valence-electron chi connectivity index (χ3n) is 4.74. The minimum Gasteiger partial charge on any atom is -0.449 e. The fourth-order valence-corrected chi connectivity index (χ4v) is 3.42. The van der Waals surface area contributed by atoms with Gasteiger partial charge in [0, 0.05) is 22.2 Å². The molecule has 0 fully saturated rings. The Morgan fingerprint density at radius 1 is 1.03 bits per heavy atom. The number of hydrogen-bond donors (Lipinski definition) is 2. The molecular weight excluding hydrogens is 435 g/mol. The maximum Gasteiger partial charge on any atom is 0.291 e. The van der Waals surface area contributed by atoms with Gasteiger partial charge in [0.15, 0.2) is 11.5 Å². The first-order chi connectivity index (χ1) is 15.0. The van der Waals surface area contributed by atoms with Gasteiger partial charge >= 0.3 is 0 Å². The molecule has 0 atom stereocenters. The molecule has 3 aromatic carbocycles. The molecule has 1 aliphatic heterocycles. The van der Waals surface area contributed by atoms with Crippen LogP contribution >= 0.6 is 23.2 Å². The number of benzene rings is 3. The number of anilines is 1. The topological polar surface area (TPSA) is 67.4 Å². The minimum atomic E-state index is -0.410. The predicted molar refractivity (Wildman–Crippen MR) is 123 cm³/mol. The van der Waals surface area contributed by atoms with Crippen LogP contribution in [0.15, 0.2) is 72.5 Å². The highest BCUT2D eigenvalue weighted by molar-refractivity contribution is 6.32. The summed E-state index contributed by atoms with van der Waals surface area (Å²) >= 11 is 12.0. The molecular formula is C24H18Cl2N2O3. The van der Waals surface area contributed by atoms with Gasteiger partial charge in [-0.3, -0.25) is 9.59 Å². The van der Waals surface area contributed by atoms with E-state index < -0.39 is 5.91 Å². The molecule has 5 nitrogen and oxygen atoms in total. The quantitative estimate of drug-likeness (QED) is 0.513. The van der Waals surface area contributed by atoms with E-state index in [1.165, 1.54) is 0 Å². The molecule has 2 amide bonds. The predicted octanol–water partition coefficient (Wildman–Crippen LogP) is 5.34. The maximum atomic E-state index is 12.5. The first-order valence-electron chi connectivity index (χ1n) is 9.62. The van der Waals surface area contributed by atoms with E-state index in [9.17, 15) is 9.59 Å². The van der Waals surface area contributed by atoms with Gasteiger partial charge in [0.05, 0.1) is 5.69 Å². The maximum absolute atomic E-state index is 12.5. The van der Waals surface area contributed by atoms with Crippen molar-refractivity contribution in [3.05, 3.63) is 99.2 Å². The number of rotatable bonds is 5. The molecule has 31 heavy (non-hydrogen) atoms. The number of fused-ring (bicyclic) bond motifs is 1. The van der Waals surface area contributed by atoms with E-state index in [4.69, 9.17) is 27.9 Å². The lowest BCUT2D eigenvalue weighted by atomic mass is 10.1. The molecule has 0 aliphatic carbocycles. The Hall–Kier alpha value is -3.28. The van der Waals surface area contributed by atoms with Crippen LogP contribution in [0, 0.1) is 0 Å². The van der Waals surface area contributed by atoms with Gasteiger partial charge < -0.3 is 15.4 Å². The number of nitrogens with one attached hydrogen (secondary N) is 2. The monoisotopic (exact) mass is 452 g/mol. The molecule has 0 radical (unpaired) electrons. The van der Waals surface area contributed by atoms with Gasteiger partial charge in [0.1, 0.15) is 0 Å². The third kappa shape index (κ3) is 5.08. The molecule has 0 aromatic heterocycles. The summed E-state index contributed by atoms with van der Waals surface area (Å²) < 4.78 is 5.73. The van der Waals surface area contributed by atoms with Gasteiger partial charge in [0.2, 0.25) is 0 Å². The van der Waals surface area contributed by atoms with Crippen LogP contribution in [-0.2, 0) is 11.2 Å². The van der Waals surface area contributed by atoms with E-state index in [2.05, 4.69) is 10.6 Å². The van der Waals surface area contributed by atoms with Crippen molar-refractivity contribution in [1.29, 1.82) is 0 Å². The lowest BCUT2D eigenvalue weighted by Crippen LogP contribution is -2.27. The van der Waals surface area contributed by atoms with Crippen LogP contribution in [0.1, 0.15) is 21.5 Å². The molecule has 156 valence electrons. The van der Waals surface area contributed by atoms with Crippen LogP contribution in [0.4, 0.5) is 5.69 Å². The van der Waals surface area contributed by atoms with Crippen LogP contribution in [0.2, 0.25) is 10.0 Å². The van der Waals surface area contributed by atoms with E-state index in [0.717, 1.165) is 5.56 Å². The average molecular weight is 453 g/mol. The van der Waals surface area contributed by atoms with Gasteiger partial charge in [0.25, 0.3) is 11.8 Å².